The minimum Gasteiger partial charge on any atom is -0.399 e. The summed E-state index contributed by atoms with van der Waals surface area (Å²) < 4.78 is 0. The smallest absolute Gasteiger partial charge is 0.132 e. The van der Waals surface area contributed by atoms with E-state index in [-0.39, 0.29) is 0 Å². The minimum absolute atomic E-state index is 0.784. The van der Waals surface area contributed by atoms with Crippen molar-refractivity contribution in [1.82, 2.24) is 10.2 Å². The van der Waals surface area contributed by atoms with E-state index in [2.05, 4.69) is 21.6 Å². The van der Waals surface area contributed by atoms with Crippen molar-refractivity contribution in [3.63, 3.8) is 0 Å². The molecule has 2 aromatic rings. The molecule has 0 radical (unpaired) electrons. The standard InChI is InChI=1S/C16H14N4/c17-11-6-7-13-10(8-11)9-14-15(13)19-20-16(14)18-12-4-2-1-3-5-12/h1-9,18-20H,17H2. The highest BCUT2D eigenvalue weighted by Crippen LogP contribution is 2.38. The number of aromatic nitrogens is 2. The van der Waals surface area contributed by atoms with Crippen molar-refractivity contribution in [2.75, 3.05) is 11.1 Å². The van der Waals surface area contributed by atoms with Crippen molar-refractivity contribution < 1.29 is 0 Å². The van der Waals surface area contributed by atoms with Gasteiger partial charge in [-0.1, -0.05) is 24.3 Å². The number of benzene rings is 2. The number of fused-ring (bicyclic) bond motifs is 3. The number of rotatable bonds is 2. The Kier molecular flexibility index (Phi) is 2.23. The molecule has 2 aromatic carbocycles. The first-order chi connectivity index (χ1) is 9.81. The summed E-state index contributed by atoms with van der Waals surface area (Å²) in [4.78, 5) is 0. The van der Waals surface area contributed by atoms with Crippen LogP contribution >= 0.6 is 0 Å². The molecule has 98 valence electrons. The van der Waals surface area contributed by atoms with Gasteiger partial charge in [0.2, 0.25) is 0 Å². The van der Waals surface area contributed by atoms with E-state index in [9.17, 15) is 0 Å². The quantitative estimate of drug-likeness (QED) is 0.413. The molecule has 0 bridgehead atoms. The molecule has 0 aromatic heterocycles. The van der Waals surface area contributed by atoms with Gasteiger partial charge in [-0.05, 0) is 35.7 Å². The molecule has 0 fully saturated rings. The number of nitrogens with one attached hydrogen (secondary N) is 3. The van der Waals surface area contributed by atoms with Gasteiger partial charge in [-0.15, -0.1) is 0 Å². The monoisotopic (exact) mass is 262 g/mol. The van der Waals surface area contributed by atoms with Gasteiger partial charge >= 0.3 is 0 Å². The maximum absolute atomic E-state index is 5.84. The van der Waals surface area contributed by atoms with Gasteiger partial charge in [0.05, 0.1) is 5.69 Å². The molecule has 4 heteroatoms. The van der Waals surface area contributed by atoms with Crippen molar-refractivity contribution in [2.24, 2.45) is 0 Å². The van der Waals surface area contributed by atoms with Crippen LogP contribution < -0.4 is 11.1 Å². The number of H-pyrrole nitrogens is 2. The Labute approximate surface area is 115 Å². The zero-order chi connectivity index (χ0) is 13.5. The largest absolute Gasteiger partial charge is 0.399 e. The van der Waals surface area contributed by atoms with Crippen LogP contribution in [0.15, 0.2) is 54.6 Å². The van der Waals surface area contributed by atoms with E-state index in [0.29, 0.717) is 0 Å². The second-order valence-electron chi connectivity index (χ2n) is 4.90. The lowest BCUT2D eigenvalue weighted by atomic mass is 10.2. The molecule has 0 amide bonds. The highest BCUT2D eigenvalue weighted by Gasteiger charge is 2.16. The predicted octanol–water partition coefficient (Wildman–Crippen LogP) is 3.93. The van der Waals surface area contributed by atoms with E-state index in [1.807, 2.05) is 48.5 Å². The summed E-state index contributed by atoms with van der Waals surface area (Å²) >= 11 is 0. The van der Waals surface area contributed by atoms with Crippen LogP contribution in [0.1, 0.15) is 0 Å². The Bertz CT molecular complexity index is 842. The average Bonchev–Trinajstić information content (AvgIpc) is 2.99. The molecule has 0 saturated carbocycles. The van der Waals surface area contributed by atoms with E-state index in [4.69, 9.17) is 5.73 Å². The Morgan fingerprint density at radius 3 is 2.60 bits per heavy atom. The lowest BCUT2D eigenvalue weighted by molar-refractivity contribution is 1.11. The first-order valence-electron chi connectivity index (χ1n) is 6.51. The summed E-state index contributed by atoms with van der Waals surface area (Å²) in [5.74, 6) is 0.959. The Balaban J connectivity index is 1.82. The summed E-state index contributed by atoms with van der Waals surface area (Å²) in [6.07, 6.45) is 0. The van der Waals surface area contributed by atoms with E-state index in [0.717, 1.165) is 33.8 Å². The van der Waals surface area contributed by atoms with Gasteiger partial charge < -0.3 is 11.1 Å². The van der Waals surface area contributed by atoms with Gasteiger partial charge in [-0.3, -0.25) is 10.2 Å². The van der Waals surface area contributed by atoms with Crippen LogP contribution in [0.5, 0.6) is 0 Å². The van der Waals surface area contributed by atoms with Crippen LogP contribution in [-0.4, -0.2) is 10.2 Å². The predicted molar refractivity (Wildman–Crippen MR) is 83.4 cm³/mol. The first-order valence-corrected chi connectivity index (χ1v) is 6.51. The van der Waals surface area contributed by atoms with E-state index in [1.54, 1.807) is 0 Å². The van der Waals surface area contributed by atoms with Gasteiger partial charge in [-0.25, -0.2) is 0 Å². The molecule has 0 spiro atoms. The summed E-state index contributed by atoms with van der Waals surface area (Å²) in [5, 5.41) is 12.1. The third-order valence-corrected chi connectivity index (χ3v) is 3.54. The van der Waals surface area contributed by atoms with Crippen LogP contribution in [0.2, 0.25) is 0 Å². The Morgan fingerprint density at radius 1 is 0.900 bits per heavy atom. The molecular weight excluding hydrogens is 248 g/mol. The number of anilines is 3. The molecule has 1 heterocycles. The summed E-state index contributed by atoms with van der Waals surface area (Å²) in [6.45, 7) is 0. The molecule has 2 aliphatic rings. The molecule has 5 N–H and O–H groups in total. The van der Waals surface area contributed by atoms with E-state index >= 15 is 0 Å². The second-order valence-corrected chi connectivity index (χ2v) is 4.90. The van der Waals surface area contributed by atoms with Gasteiger partial charge in [0.15, 0.2) is 0 Å². The third-order valence-electron chi connectivity index (χ3n) is 3.54. The molecule has 1 aliphatic carbocycles. The van der Waals surface area contributed by atoms with Gasteiger partial charge in [0.25, 0.3) is 0 Å². The van der Waals surface area contributed by atoms with E-state index < -0.39 is 0 Å². The van der Waals surface area contributed by atoms with Gasteiger partial charge in [-0.2, -0.15) is 0 Å². The Morgan fingerprint density at radius 2 is 1.75 bits per heavy atom. The number of hydrogen-bond acceptors (Lipinski definition) is 2. The molecule has 4 nitrogen and oxygen atoms in total. The summed E-state index contributed by atoms with van der Waals surface area (Å²) in [6, 6.07) is 18.2. The average molecular weight is 262 g/mol. The lowest BCUT2D eigenvalue weighted by Crippen LogP contribution is -1.90. The summed E-state index contributed by atoms with van der Waals surface area (Å²) in [7, 11) is 0. The number of nitrogens with two attached hydrogens (primary N) is 1. The minimum atomic E-state index is 0.784. The molecule has 1 aliphatic heterocycles. The number of para-hydroxylation sites is 1. The van der Waals surface area contributed by atoms with Crippen molar-refractivity contribution >= 4 is 28.0 Å². The van der Waals surface area contributed by atoms with Gasteiger partial charge in [0, 0.05) is 22.3 Å². The first kappa shape index (κ1) is 11.0. The van der Waals surface area contributed by atoms with Crippen LogP contribution in [0.3, 0.4) is 0 Å². The normalized spacial score (nSPS) is 11.2. The fourth-order valence-electron chi connectivity index (χ4n) is 2.59. The third kappa shape index (κ3) is 1.62. The second kappa shape index (κ2) is 4.06. The van der Waals surface area contributed by atoms with Crippen LogP contribution in [-0.2, 0) is 0 Å². The van der Waals surface area contributed by atoms with Crippen LogP contribution in [0.4, 0.5) is 17.2 Å². The Hall–Kier alpha value is -2.88. The molecule has 0 atom stereocenters. The zero-order valence-corrected chi connectivity index (χ0v) is 10.8. The highest BCUT2D eigenvalue weighted by atomic mass is 15.2. The topological polar surface area (TPSA) is 69.6 Å². The maximum Gasteiger partial charge on any atom is 0.132 e. The van der Waals surface area contributed by atoms with Crippen molar-refractivity contribution in [3.05, 3.63) is 54.6 Å². The van der Waals surface area contributed by atoms with Crippen LogP contribution in [0, 0.1) is 0 Å². The number of aromatic amines is 2. The molecular formula is C16H14N4. The zero-order valence-electron chi connectivity index (χ0n) is 10.8. The van der Waals surface area contributed by atoms with Crippen LogP contribution in [0.25, 0.3) is 22.0 Å². The van der Waals surface area contributed by atoms with E-state index in [1.165, 1.54) is 5.39 Å². The molecule has 0 saturated heterocycles. The fourth-order valence-corrected chi connectivity index (χ4v) is 2.59. The molecule has 20 heavy (non-hydrogen) atoms. The molecule has 4 rings (SSSR count). The number of hydrogen-bond donors (Lipinski definition) is 4. The maximum atomic E-state index is 5.84. The highest BCUT2D eigenvalue weighted by molar-refractivity contribution is 6.05. The van der Waals surface area contributed by atoms with Crippen molar-refractivity contribution in [3.8, 4) is 11.3 Å². The lowest BCUT2D eigenvalue weighted by Gasteiger charge is -2.03. The fraction of sp³-hybridized carbons (Fsp3) is 0. The number of nitrogen functional groups attached to an aromatic ring is 1. The van der Waals surface area contributed by atoms with Gasteiger partial charge in [0.1, 0.15) is 5.82 Å². The van der Waals surface area contributed by atoms with Crippen molar-refractivity contribution in [2.45, 2.75) is 0 Å². The SMILES string of the molecule is Nc1ccc2c3[nH][nH]c(Nc4ccccc4)c-3cc2c1. The van der Waals surface area contributed by atoms with Crippen molar-refractivity contribution in [1.29, 1.82) is 0 Å². The summed E-state index contributed by atoms with van der Waals surface area (Å²) in [5.41, 5.74) is 9.91. The molecule has 0 unspecified atom stereocenters.